The third-order valence-corrected chi connectivity index (χ3v) is 4.43. The van der Waals surface area contributed by atoms with Crippen molar-refractivity contribution in [3.63, 3.8) is 0 Å². The zero-order chi connectivity index (χ0) is 14.8. The highest BCUT2D eigenvalue weighted by atomic mass is 79.9. The van der Waals surface area contributed by atoms with Gasteiger partial charge >= 0.3 is 10.1 Å². The Morgan fingerprint density at radius 3 is 2.35 bits per heavy atom. The second-order valence-corrected chi connectivity index (χ2v) is 6.51. The Bertz CT molecular complexity index is 777. The number of rotatable bonds is 3. The van der Waals surface area contributed by atoms with Crippen molar-refractivity contribution in [2.24, 2.45) is 0 Å². The van der Waals surface area contributed by atoms with E-state index in [0.717, 1.165) is 5.56 Å². The third-order valence-electron chi connectivity index (χ3n) is 2.56. The van der Waals surface area contributed by atoms with Crippen LogP contribution in [-0.2, 0) is 10.1 Å². The van der Waals surface area contributed by atoms with Crippen LogP contribution < -0.4 is 4.18 Å². The highest BCUT2D eigenvalue weighted by molar-refractivity contribution is 9.10. The molecule has 6 heteroatoms. The molecule has 0 aliphatic carbocycles. The van der Waals surface area contributed by atoms with Gasteiger partial charge in [-0.1, -0.05) is 6.07 Å². The summed E-state index contributed by atoms with van der Waals surface area (Å²) in [6.45, 7) is 1.89. The van der Waals surface area contributed by atoms with Gasteiger partial charge in [0, 0.05) is 0 Å². The van der Waals surface area contributed by atoms with Crippen LogP contribution in [0.2, 0.25) is 0 Å². The van der Waals surface area contributed by atoms with E-state index in [1.165, 1.54) is 24.3 Å². The lowest BCUT2D eigenvalue weighted by Gasteiger charge is -2.09. The third kappa shape index (κ3) is 3.18. The molecule has 0 bridgehead atoms. The fourth-order valence-corrected chi connectivity index (χ4v) is 3.16. The van der Waals surface area contributed by atoms with Crippen molar-refractivity contribution in [2.75, 3.05) is 0 Å². The summed E-state index contributed by atoms with van der Waals surface area (Å²) >= 11 is 3.26. The normalized spacial score (nSPS) is 10.8. The van der Waals surface area contributed by atoms with E-state index in [2.05, 4.69) is 15.9 Å². The Morgan fingerprint density at radius 2 is 1.80 bits per heavy atom. The lowest BCUT2D eigenvalue weighted by molar-refractivity contribution is 0.484. The molecule has 0 amide bonds. The number of benzene rings is 2. The molecule has 0 spiro atoms. The van der Waals surface area contributed by atoms with Gasteiger partial charge in [0.2, 0.25) is 0 Å². The molecule has 0 heterocycles. The molecule has 102 valence electrons. The minimum atomic E-state index is -3.91. The fraction of sp³-hybridized carbons (Fsp3) is 0.0714. The van der Waals surface area contributed by atoms with E-state index in [9.17, 15) is 8.42 Å². The maximum atomic E-state index is 12.1. The van der Waals surface area contributed by atoms with Crippen LogP contribution in [0.4, 0.5) is 0 Å². The van der Waals surface area contributed by atoms with E-state index in [0.29, 0.717) is 10.0 Å². The van der Waals surface area contributed by atoms with Gasteiger partial charge in [-0.2, -0.15) is 13.7 Å². The number of aryl methyl sites for hydroxylation is 1. The molecule has 4 nitrogen and oxygen atoms in total. The minimum Gasteiger partial charge on any atom is -0.378 e. The molecule has 2 rings (SSSR count). The molecule has 0 aliphatic rings. The van der Waals surface area contributed by atoms with Gasteiger partial charge in [-0.25, -0.2) is 0 Å². The molecule has 2 aromatic carbocycles. The van der Waals surface area contributed by atoms with E-state index in [-0.39, 0.29) is 10.6 Å². The van der Waals surface area contributed by atoms with E-state index in [4.69, 9.17) is 9.44 Å². The van der Waals surface area contributed by atoms with Crippen LogP contribution in [0, 0.1) is 18.3 Å². The summed E-state index contributed by atoms with van der Waals surface area (Å²) < 4.78 is 29.9. The number of hydrogen-bond donors (Lipinski definition) is 0. The zero-order valence-electron chi connectivity index (χ0n) is 10.5. The van der Waals surface area contributed by atoms with Crippen LogP contribution in [0.5, 0.6) is 5.75 Å². The number of halogens is 1. The topological polar surface area (TPSA) is 67.2 Å². The van der Waals surface area contributed by atoms with Crippen LogP contribution in [0.3, 0.4) is 0 Å². The first-order valence-corrected chi connectivity index (χ1v) is 7.83. The summed E-state index contributed by atoms with van der Waals surface area (Å²) in [4.78, 5) is 0.00368. The Hall–Kier alpha value is -1.84. The van der Waals surface area contributed by atoms with Crippen molar-refractivity contribution in [3.8, 4) is 11.8 Å². The standard InChI is InChI=1S/C14H10BrNO3S/c1-10-2-7-14(13(15)8-10)19-20(17,18)12-5-3-11(9-16)4-6-12/h2-8H,1H3. The molecule has 0 radical (unpaired) electrons. The predicted octanol–water partition coefficient (Wildman–Crippen LogP) is 3.40. The van der Waals surface area contributed by atoms with Crippen molar-refractivity contribution < 1.29 is 12.6 Å². The first-order valence-electron chi connectivity index (χ1n) is 5.63. The van der Waals surface area contributed by atoms with Crippen molar-refractivity contribution in [2.45, 2.75) is 11.8 Å². The van der Waals surface area contributed by atoms with Crippen molar-refractivity contribution >= 4 is 26.0 Å². The fourth-order valence-electron chi connectivity index (χ4n) is 1.54. The molecular weight excluding hydrogens is 342 g/mol. The molecule has 0 aliphatic heterocycles. The molecule has 0 N–H and O–H groups in total. The SMILES string of the molecule is Cc1ccc(OS(=O)(=O)c2ccc(C#N)cc2)c(Br)c1. The number of hydrogen-bond acceptors (Lipinski definition) is 4. The molecule has 0 atom stereocenters. The maximum Gasteiger partial charge on any atom is 0.339 e. The summed E-state index contributed by atoms with van der Waals surface area (Å²) in [5.41, 5.74) is 1.38. The average Bonchev–Trinajstić information content (AvgIpc) is 2.42. The van der Waals surface area contributed by atoms with E-state index < -0.39 is 10.1 Å². The summed E-state index contributed by atoms with van der Waals surface area (Å²) in [7, 11) is -3.91. The van der Waals surface area contributed by atoms with E-state index in [1.807, 2.05) is 13.0 Å². The van der Waals surface area contributed by atoms with Gasteiger partial charge in [0.25, 0.3) is 0 Å². The second kappa shape index (κ2) is 5.65. The molecule has 20 heavy (non-hydrogen) atoms. The van der Waals surface area contributed by atoms with Crippen molar-refractivity contribution in [1.29, 1.82) is 5.26 Å². The Morgan fingerprint density at radius 1 is 1.15 bits per heavy atom. The van der Waals surface area contributed by atoms with Crippen LogP contribution in [0.25, 0.3) is 0 Å². The maximum absolute atomic E-state index is 12.1. The predicted molar refractivity (Wildman–Crippen MR) is 77.8 cm³/mol. The van der Waals surface area contributed by atoms with E-state index in [1.54, 1.807) is 18.2 Å². The average molecular weight is 352 g/mol. The number of nitrogens with zero attached hydrogens (tertiary/aromatic N) is 1. The molecule has 0 unspecified atom stereocenters. The van der Waals surface area contributed by atoms with Gasteiger partial charge in [-0.3, -0.25) is 0 Å². The monoisotopic (exact) mass is 351 g/mol. The lowest BCUT2D eigenvalue weighted by Crippen LogP contribution is -2.10. The smallest absolute Gasteiger partial charge is 0.339 e. The minimum absolute atomic E-state index is 0.00368. The first-order chi connectivity index (χ1) is 9.42. The molecule has 0 saturated carbocycles. The van der Waals surface area contributed by atoms with Gasteiger partial charge < -0.3 is 4.18 Å². The highest BCUT2D eigenvalue weighted by Crippen LogP contribution is 2.28. The summed E-state index contributed by atoms with van der Waals surface area (Å²) in [5.74, 6) is 0.222. The van der Waals surface area contributed by atoms with Gasteiger partial charge in [-0.05, 0) is 64.8 Å². The van der Waals surface area contributed by atoms with E-state index >= 15 is 0 Å². The second-order valence-electron chi connectivity index (χ2n) is 4.11. The summed E-state index contributed by atoms with van der Waals surface area (Å²) in [6, 6.07) is 12.6. The van der Waals surface area contributed by atoms with Crippen LogP contribution in [0.15, 0.2) is 51.8 Å². The molecule has 0 fully saturated rings. The van der Waals surface area contributed by atoms with Crippen molar-refractivity contribution in [1.82, 2.24) is 0 Å². The molecule has 2 aromatic rings. The summed E-state index contributed by atoms with van der Waals surface area (Å²) in [5, 5.41) is 8.69. The first kappa shape index (κ1) is 14.6. The number of nitriles is 1. The quantitative estimate of drug-likeness (QED) is 0.794. The summed E-state index contributed by atoms with van der Waals surface area (Å²) in [6.07, 6.45) is 0. The van der Waals surface area contributed by atoms with Crippen LogP contribution in [-0.4, -0.2) is 8.42 Å². The largest absolute Gasteiger partial charge is 0.378 e. The van der Waals surface area contributed by atoms with Crippen LogP contribution >= 0.6 is 15.9 Å². The molecule has 0 saturated heterocycles. The zero-order valence-corrected chi connectivity index (χ0v) is 12.9. The van der Waals surface area contributed by atoms with Gasteiger partial charge in [0.15, 0.2) is 5.75 Å². The Kier molecular flexibility index (Phi) is 4.12. The van der Waals surface area contributed by atoms with Gasteiger partial charge in [0.05, 0.1) is 16.1 Å². The highest BCUT2D eigenvalue weighted by Gasteiger charge is 2.18. The molecule has 0 aromatic heterocycles. The molecular formula is C14H10BrNO3S. The van der Waals surface area contributed by atoms with Crippen LogP contribution in [0.1, 0.15) is 11.1 Å². The van der Waals surface area contributed by atoms with Crippen molar-refractivity contribution in [3.05, 3.63) is 58.1 Å². The van der Waals surface area contributed by atoms with Gasteiger partial charge in [-0.15, -0.1) is 0 Å². The Balaban J connectivity index is 2.33. The van der Waals surface area contributed by atoms with Gasteiger partial charge in [0.1, 0.15) is 4.90 Å². The Labute approximate surface area is 125 Å². The lowest BCUT2D eigenvalue weighted by atomic mass is 10.2.